The summed E-state index contributed by atoms with van der Waals surface area (Å²) in [5.41, 5.74) is -0.656. The largest absolute Gasteiger partial charge is 0.444 e. The molecule has 5 fully saturated rings. The smallest absolute Gasteiger partial charge is 0.408 e. The second-order valence-electron chi connectivity index (χ2n) is 12.3. The molecular weight excluding hydrogens is 464 g/mol. The van der Waals surface area contributed by atoms with Gasteiger partial charge in [0, 0.05) is 32.2 Å². The molecule has 1 N–H and O–H groups in total. The number of fused-ring (bicyclic) bond motifs is 2. The summed E-state index contributed by atoms with van der Waals surface area (Å²) in [5, 5.41) is 2.80. The van der Waals surface area contributed by atoms with Crippen molar-refractivity contribution in [3.63, 3.8) is 0 Å². The zero-order chi connectivity index (χ0) is 25.8. The monoisotopic (exact) mass is 504 g/mol. The number of hydrogen-bond donors (Lipinski definition) is 1. The van der Waals surface area contributed by atoms with Crippen molar-refractivity contribution < 1.29 is 28.7 Å². The van der Waals surface area contributed by atoms with Gasteiger partial charge in [0.25, 0.3) is 0 Å². The summed E-state index contributed by atoms with van der Waals surface area (Å²) in [4.78, 5) is 57.9. The molecule has 0 aromatic rings. The van der Waals surface area contributed by atoms with Crippen LogP contribution in [-0.4, -0.2) is 101 Å². The topological polar surface area (TPSA) is 108 Å². The molecule has 36 heavy (non-hydrogen) atoms. The Labute approximate surface area is 213 Å². The first-order valence-corrected chi connectivity index (χ1v) is 13.5. The highest BCUT2D eigenvalue weighted by molar-refractivity contribution is 5.93. The van der Waals surface area contributed by atoms with Gasteiger partial charge in [0.15, 0.2) is 0 Å². The van der Waals surface area contributed by atoms with E-state index in [0.29, 0.717) is 57.5 Å². The molecule has 0 unspecified atom stereocenters. The number of amides is 4. The average molecular weight is 505 g/mol. The predicted molar refractivity (Wildman–Crippen MR) is 130 cm³/mol. The Kier molecular flexibility index (Phi) is 6.68. The van der Waals surface area contributed by atoms with Crippen LogP contribution in [0.5, 0.6) is 0 Å². The predicted octanol–water partition coefficient (Wildman–Crippen LogP) is 1.37. The lowest BCUT2D eigenvalue weighted by Gasteiger charge is -2.44. The lowest BCUT2D eigenvalue weighted by molar-refractivity contribution is -0.158. The van der Waals surface area contributed by atoms with Gasteiger partial charge >= 0.3 is 6.09 Å². The summed E-state index contributed by atoms with van der Waals surface area (Å²) in [6.07, 6.45) is 3.44. The number of nitrogens with zero attached hydrogens (tertiary/aromatic N) is 3. The van der Waals surface area contributed by atoms with Crippen LogP contribution in [0.1, 0.15) is 59.8 Å². The summed E-state index contributed by atoms with van der Waals surface area (Å²) in [5.74, 6) is 0.632. The number of carbonyl (C=O) groups is 4. The third-order valence-corrected chi connectivity index (χ3v) is 8.31. The van der Waals surface area contributed by atoms with E-state index < -0.39 is 23.8 Å². The van der Waals surface area contributed by atoms with E-state index in [1.54, 1.807) is 30.6 Å². The molecular formula is C26H40N4O6. The Morgan fingerprint density at radius 2 is 1.69 bits per heavy atom. The molecule has 0 spiro atoms. The first-order chi connectivity index (χ1) is 17.0. The minimum atomic E-state index is -0.680. The van der Waals surface area contributed by atoms with Crippen molar-refractivity contribution >= 4 is 23.8 Å². The van der Waals surface area contributed by atoms with Crippen LogP contribution in [0.25, 0.3) is 0 Å². The summed E-state index contributed by atoms with van der Waals surface area (Å²) in [7, 11) is 0. The first kappa shape index (κ1) is 25.3. The standard InChI is InChI=1S/C26H40N4O6/c1-15-12-28(7-8-35-15)22(31)18-13-29(14-18)24(33)21-6-5-19-10-16-9-17(16)11-20(23(32)30(19)21)27-25(34)36-26(2,3)4/h15-21H,5-14H2,1-4H3,(H,27,34)/t15-,16-,17+,19-,20+,21+/m1/s1. The fourth-order valence-electron chi connectivity index (χ4n) is 6.38. The van der Waals surface area contributed by atoms with Crippen molar-refractivity contribution in [2.75, 3.05) is 32.8 Å². The second kappa shape index (κ2) is 9.50. The number of carbonyl (C=O) groups excluding carboxylic acids is 4. The van der Waals surface area contributed by atoms with Crippen molar-refractivity contribution in [2.24, 2.45) is 17.8 Å². The van der Waals surface area contributed by atoms with Crippen molar-refractivity contribution in [3.8, 4) is 0 Å². The molecule has 0 aromatic heterocycles. The van der Waals surface area contributed by atoms with Gasteiger partial charge < -0.3 is 29.5 Å². The summed E-state index contributed by atoms with van der Waals surface area (Å²) in [6.45, 7) is 9.86. The van der Waals surface area contributed by atoms with Gasteiger partial charge in [-0.05, 0) is 71.6 Å². The molecule has 200 valence electrons. The van der Waals surface area contributed by atoms with Crippen LogP contribution in [0.4, 0.5) is 4.79 Å². The number of alkyl carbamates (subject to hydrolysis) is 1. The molecule has 0 aromatic carbocycles. The maximum atomic E-state index is 13.7. The van der Waals surface area contributed by atoms with Crippen molar-refractivity contribution in [1.82, 2.24) is 20.0 Å². The Bertz CT molecular complexity index is 913. The van der Waals surface area contributed by atoms with Gasteiger partial charge in [-0.25, -0.2) is 4.79 Å². The molecule has 5 aliphatic rings. The zero-order valence-corrected chi connectivity index (χ0v) is 21.9. The molecule has 4 amide bonds. The van der Waals surface area contributed by atoms with Crippen LogP contribution in [0.3, 0.4) is 0 Å². The van der Waals surface area contributed by atoms with E-state index in [0.717, 1.165) is 19.3 Å². The number of rotatable bonds is 3. The minimum Gasteiger partial charge on any atom is -0.444 e. The van der Waals surface area contributed by atoms with Gasteiger partial charge in [-0.3, -0.25) is 14.4 Å². The van der Waals surface area contributed by atoms with Crippen LogP contribution in [0.2, 0.25) is 0 Å². The van der Waals surface area contributed by atoms with Gasteiger partial charge in [0.2, 0.25) is 17.7 Å². The zero-order valence-electron chi connectivity index (χ0n) is 21.9. The highest BCUT2D eigenvalue weighted by atomic mass is 16.6. The third-order valence-electron chi connectivity index (χ3n) is 8.31. The van der Waals surface area contributed by atoms with Crippen LogP contribution in [0.15, 0.2) is 0 Å². The molecule has 10 heteroatoms. The Morgan fingerprint density at radius 1 is 0.972 bits per heavy atom. The van der Waals surface area contributed by atoms with E-state index in [1.807, 2.05) is 11.8 Å². The van der Waals surface area contributed by atoms with Crippen molar-refractivity contribution in [3.05, 3.63) is 0 Å². The maximum absolute atomic E-state index is 13.7. The van der Waals surface area contributed by atoms with Gasteiger partial charge in [0.1, 0.15) is 17.7 Å². The fourth-order valence-corrected chi connectivity index (χ4v) is 6.38. The number of morpholine rings is 1. The minimum absolute atomic E-state index is 0.0261. The maximum Gasteiger partial charge on any atom is 0.408 e. The molecule has 1 aliphatic carbocycles. The van der Waals surface area contributed by atoms with Gasteiger partial charge in [0.05, 0.1) is 18.6 Å². The Balaban J connectivity index is 1.22. The Morgan fingerprint density at radius 3 is 2.39 bits per heavy atom. The molecule has 0 bridgehead atoms. The summed E-state index contributed by atoms with van der Waals surface area (Å²) < 4.78 is 10.9. The van der Waals surface area contributed by atoms with Crippen LogP contribution < -0.4 is 5.32 Å². The molecule has 4 saturated heterocycles. The van der Waals surface area contributed by atoms with E-state index in [2.05, 4.69) is 5.32 Å². The normalized spacial score (nSPS) is 34.7. The first-order valence-electron chi connectivity index (χ1n) is 13.5. The highest BCUT2D eigenvalue weighted by Gasteiger charge is 2.53. The van der Waals surface area contributed by atoms with E-state index >= 15 is 0 Å². The molecule has 10 nitrogen and oxygen atoms in total. The molecule has 1 saturated carbocycles. The number of ether oxygens (including phenoxy) is 2. The van der Waals surface area contributed by atoms with Gasteiger partial charge in [-0.15, -0.1) is 0 Å². The summed E-state index contributed by atoms with van der Waals surface area (Å²) in [6, 6.07) is -1.18. The van der Waals surface area contributed by atoms with Crippen LogP contribution in [-0.2, 0) is 23.9 Å². The lowest BCUT2D eigenvalue weighted by Crippen LogP contribution is -2.63. The number of likely N-dealkylation sites (tertiary alicyclic amines) is 1. The SMILES string of the molecule is C[C@@H]1CN(C(=O)C2CN(C(=O)[C@@H]3CC[C@@H]4C[C@H]5C[C@H]5C[C@H](NC(=O)OC(C)(C)C)C(=O)N43)C2)CCO1. The second-order valence-corrected chi connectivity index (χ2v) is 12.3. The lowest BCUT2D eigenvalue weighted by atomic mass is 9.96. The molecule has 0 radical (unpaired) electrons. The van der Waals surface area contributed by atoms with E-state index in [-0.39, 0.29) is 35.8 Å². The summed E-state index contributed by atoms with van der Waals surface area (Å²) >= 11 is 0. The van der Waals surface area contributed by atoms with Crippen LogP contribution in [0, 0.1) is 17.8 Å². The van der Waals surface area contributed by atoms with Gasteiger partial charge in [-0.1, -0.05) is 0 Å². The number of hydrogen-bond acceptors (Lipinski definition) is 6. The average Bonchev–Trinajstić information content (AvgIpc) is 3.33. The van der Waals surface area contributed by atoms with Crippen molar-refractivity contribution in [1.29, 1.82) is 0 Å². The van der Waals surface area contributed by atoms with Crippen LogP contribution >= 0.6 is 0 Å². The van der Waals surface area contributed by atoms with E-state index in [1.165, 1.54) is 0 Å². The van der Waals surface area contributed by atoms with E-state index in [9.17, 15) is 19.2 Å². The molecule has 5 rings (SSSR count). The Hall–Kier alpha value is -2.36. The molecule has 4 aliphatic heterocycles. The quantitative estimate of drug-likeness (QED) is 0.622. The third kappa shape index (κ3) is 5.19. The molecule has 6 atom stereocenters. The van der Waals surface area contributed by atoms with E-state index in [4.69, 9.17) is 9.47 Å². The van der Waals surface area contributed by atoms with Gasteiger partial charge in [-0.2, -0.15) is 0 Å². The molecule has 4 heterocycles. The van der Waals surface area contributed by atoms with Crippen molar-refractivity contribution in [2.45, 2.75) is 89.6 Å². The fraction of sp³-hybridized carbons (Fsp3) is 0.846. The number of nitrogens with one attached hydrogen (secondary N) is 1. The highest BCUT2D eigenvalue weighted by Crippen LogP contribution is 2.49.